The molecule has 1 aliphatic rings. The Kier molecular flexibility index (Phi) is 6.58. The molecule has 0 unspecified atom stereocenters. The molecular weight excluding hydrogens is 406 g/mol. The largest absolute Gasteiger partial charge is 0.490 e. The lowest BCUT2D eigenvalue weighted by atomic mass is 10.2. The second-order valence-corrected chi connectivity index (χ2v) is 6.57. The highest BCUT2D eigenvalue weighted by atomic mass is 79.9. The molecule has 128 valence electrons. The van der Waals surface area contributed by atoms with Crippen LogP contribution in [-0.2, 0) is 4.79 Å². The lowest BCUT2D eigenvalue weighted by molar-refractivity contribution is -0.122. The number of thioether (sulfide) groups is 1. The van der Waals surface area contributed by atoms with E-state index in [0.717, 1.165) is 16.7 Å². The second kappa shape index (κ2) is 8.66. The molecule has 0 N–H and O–H groups in total. The summed E-state index contributed by atoms with van der Waals surface area (Å²) in [7, 11) is 0. The molecule has 1 fully saturated rings. The molecule has 7 heteroatoms. The van der Waals surface area contributed by atoms with Crippen molar-refractivity contribution in [2.45, 2.75) is 6.92 Å². The number of nitrogens with zero attached hydrogens (tertiary/aromatic N) is 1. The number of rotatable bonds is 6. The smallest absolute Gasteiger partial charge is 0.294 e. The van der Waals surface area contributed by atoms with Crippen LogP contribution in [0, 0.1) is 24.7 Å². The summed E-state index contributed by atoms with van der Waals surface area (Å²) >= 11 is 4.28. The van der Waals surface area contributed by atoms with E-state index in [2.05, 4.69) is 27.8 Å². The zero-order valence-corrected chi connectivity index (χ0v) is 15.8. The molecule has 0 aromatic heterocycles. The van der Waals surface area contributed by atoms with Gasteiger partial charge in [-0.1, -0.05) is 27.8 Å². The number of terminal acetylenes is 2. The Morgan fingerprint density at radius 2 is 1.96 bits per heavy atom. The number of imide groups is 1. The van der Waals surface area contributed by atoms with Gasteiger partial charge in [0, 0.05) is 4.47 Å². The number of carbonyl (C=O) groups is 2. The van der Waals surface area contributed by atoms with Gasteiger partial charge in [0.1, 0.15) is 6.61 Å². The molecule has 25 heavy (non-hydrogen) atoms. The molecule has 0 saturated carbocycles. The normalized spacial score (nSPS) is 15.2. The summed E-state index contributed by atoms with van der Waals surface area (Å²) in [6, 6.07) is 3.43. The van der Waals surface area contributed by atoms with E-state index in [1.807, 2.05) is 6.92 Å². The van der Waals surface area contributed by atoms with Gasteiger partial charge in [0.05, 0.1) is 18.1 Å². The summed E-state index contributed by atoms with van der Waals surface area (Å²) in [5.74, 6) is 5.27. The third kappa shape index (κ3) is 4.39. The van der Waals surface area contributed by atoms with Crippen LogP contribution in [0.15, 0.2) is 21.5 Å². The number of amides is 2. The summed E-state index contributed by atoms with van der Waals surface area (Å²) in [5, 5.41) is -0.385. The average molecular weight is 420 g/mol. The van der Waals surface area contributed by atoms with Crippen LogP contribution in [0.1, 0.15) is 12.5 Å². The number of benzene rings is 1. The maximum absolute atomic E-state index is 12.3. The van der Waals surface area contributed by atoms with Gasteiger partial charge in [0.2, 0.25) is 0 Å². The van der Waals surface area contributed by atoms with Crippen LogP contribution >= 0.6 is 27.7 Å². The minimum Gasteiger partial charge on any atom is -0.490 e. The minimum atomic E-state index is -0.412. The Bertz CT molecular complexity index is 820. The fraction of sp³-hybridized carbons (Fsp3) is 0.222. The van der Waals surface area contributed by atoms with Gasteiger partial charge >= 0.3 is 0 Å². The highest BCUT2D eigenvalue weighted by Gasteiger charge is 2.34. The fourth-order valence-electron chi connectivity index (χ4n) is 2.03. The zero-order valence-electron chi connectivity index (χ0n) is 13.4. The van der Waals surface area contributed by atoms with E-state index in [-0.39, 0.29) is 18.4 Å². The third-order valence-corrected chi connectivity index (χ3v) is 4.68. The van der Waals surface area contributed by atoms with Gasteiger partial charge in [-0.05, 0) is 42.5 Å². The van der Waals surface area contributed by atoms with Crippen molar-refractivity contribution in [2.75, 3.05) is 19.8 Å². The van der Waals surface area contributed by atoms with Crippen molar-refractivity contribution < 1.29 is 19.1 Å². The quantitative estimate of drug-likeness (QED) is 0.521. The van der Waals surface area contributed by atoms with E-state index in [9.17, 15) is 9.59 Å². The highest BCUT2D eigenvalue weighted by Crippen LogP contribution is 2.38. The molecule has 1 saturated heterocycles. The number of halogens is 1. The van der Waals surface area contributed by atoms with Crippen molar-refractivity contribution in [3.8, 4) is 36.2 Å². The summed E-state index contributed by atoms with van der Waals surface area (Å²) in [5.41, 5.74) is 0.669. The van der Waals surface area contributed by atoms with Crippen molar-refractivity contribution in [1.82, 2.24) is 4.90 Å². The molecule has 1 heterocycles. The molecule has 0 aliphatic carbocycles. The molecule has 1 aromatic rings. The maximum atomic E-state index is 12.3. The Hall–Kier alpha value is -2.35. The lowest BCUT2D eigenvalue weighted by Crippen LogP contribution is -2.28. The van der Waals surface area contributed by atoms with E-state index in [0.29, 0.717) is 33.0 Å². The first-order valence-corrected chi connectivity index (χ1v) is 8.84. The van der Waals surface area contributed by atoms with Gasteiger partial charge in [0.25, 0.3) is 11.1 Å². The van der Waals surface area contributed by atoms with E-state index < -0.39 is 5.91 Å². The maximum Gasteiger partial charge on any atom is 0.294 e. The van der Waals surface area contributed by atoms with Crippen molar-refractivity contribution in [2.24, 2.45) is 0 Å². The third-order valence-electron chi connectivity index (χ3n) is 3.08. The molecule has 0 bridgehead atoms. The molecule has 1 aliphatic heterocycles. The van der Waals surface area contributed by atoms with Crippen LogP contribution in [0.5, 0.6) is 11.5 Å². The van der Waals surface area contributed by atoms with E-state index in [1.165, 1.54) is 0 Å². The highest BCUT2D eigenvalue weighted by molar-refractivity contribution is 9.10. The summed E-state index contributed by atoms with van der Waals surface area (Å²) in [4.78, 5) is 25.4. The predicted octanol–water partition coefficient (Wildman–Crippen LogP) is 3.53. The van der Waals surface area contributed by atoms with Gasteiger partial charge in [0.15, 0.2) is 11.5 Å². The number of hydrogen-bond acceptors (Lipinski definition) is 5. The molecule has 0 radical (unpaired) electrons. The zero-order chi connectivity index (χ0) is 18.4. The minimum absolute atomic E-state index is 0.0494. The predicted molar refractivity (Wildman–Crippen MR) is 101 cm³/mol. The number of carbonyl (C=O) groups excluding carboxylic acids is 2. The molecule has 5 nitrogen and oxygen atoms in total. The van der Waals surface area contributed by atoms with Crippen LogP contribution in [0.2, 0.25) is 0 Å². The second-order valence-electron chi connectivity index (χ2n) is 4.72. The van der Waals surface area contributed by atoms with Crippen molar-refractivity contribution >= 4 is 44.9 Å². The topological polar surface area (TPSA) is 55.8 Å². The Labute approximate surface area is 158 Å². The first kappa shape index (κ1) is 19.0. The van der Waals surface area contributed by atoms with Crippen LogP contribution < -0.4 is 9.47 Å². The Balaban J connectivity index is 2.38. The average Bonchev–Trinajstić information content (AvgIpc) is 2.84. The number of ether oxygens (including phenoxy) is 2. The van der Waals surface area contributed by atoms with Crippen LogP contribution in [0.3, 0.4) is 0 Å². The molecule has 0 spiro atoms. The van der Waals surface area contributed by atoms with Crippen LogP contribution in [0.25, 0.3) is 6.08 Å². The standard InChI is InChI=1S/C18H14BrNO4S/c1-4-7-20-17(21)16(25-18(20)22)10-12-9-14(23-6-3)15(11-13(12)19)24-8-5-2/h1-2,9-11H,6-8H2,3H3. The summed E-state index contributed by atoms with van der Waals surface area (Å²) in [6.45, 7) is 2.34. The molecule has 2 rings (SSSR count). The lowest BCUT2D eigenvalue weighted by Gasteiger charge is -2.13. The van der Waals surface area contributed by atoms with Gasteiger partial charge in [-0.3, -0.25) is 14.5 Å². The molecule has 1 aromatic carbocycles. The number of hydrogen-bond donors (Lipinski definition) is 0. The molecular formula is C18H14BrNO4S. The van der Waals surface area contributed by atoms with Gasteiger partial charge in [-0.25, -0.2) is 0 Å². The monoisotopic (exact) mass is 419 g/mol. The Morgan fingerprint density at radius 1 is 1.24 bits per heavy atom. The van der Waals surface area contributed by atoms with Gasteiger partial charge in [-0.15, -0.1) is 12.8 Å². The summed E-state index contributed by atoms with van der Waals surface area (Å²) < 4.78 is 11.7. The fourth-order valence-corrected chi connectivity index (χ4v) is 3.30. The van der Waals surface area contributed by atoms with Crippen molar-refractivity contribution in [3.63, 3.8) is 0 Å². The van der Waals surface area contributed by atoms with E-state index in [4.69, 9.17) is 22.3 Å². The Morgan fingerprint density at radius 3 is 2.60 bits per heavy atom. The van der Waals surface area contributed by atoms with Crippen molar-refractivity contribution in [1.29, 1.82) is 0 Å². The van der Waals surface area contributed by atoms with Gasteiger partial charge < -0.3 is 9.47 Å². The molecule has 0 atom stereocenters. The summed E-state index contributed by atoms with van der Waals surface area (Å²) in [6.07, 6.45) is 12.0. The van der Waals surface area contributed by atoms with Crippen molar-refractivity contribution in [3.05, 3.63) is 27.1 Å². The molecule has 2 amide bonds. The van der Waals surface area contributed by atoms with Crippen LogP contribution in [-0.4, -0.2) is 35.8 Å². The first-order chi connectivity index (χ1) is 12.0. The SMILES string of the molecule is C#CCOc1cc(Br)c(C=C2SC(=O)N(CC#C)C2=O)cc1OCC. The van der Waals surface area contributed by atoms with Gasteiger partial charge in [-0.2, -0.15) is 0 Å². The van der Waals surface area contributed by atoms with E-state index in [1.54, 1.807) is 18.2 Å². The van der Waals surface area contributed by atoms with Crippen LogP contribution in [0.4, 0.5) is 4.79 Å². The van der Waals surface area contributed by atoms with E-state index >= 15 is 0 Å². The first-order valence-electron chi connectivity index (χ1n) is 7.23.